The summed E-state index contributed by atoms with van der Waals surface area (Å²) >= 11 is 0. The van der Waals surface area contributed by atoms with Crippen LogP contribution in [0.15, 0.2) is 97.1 Å². The van der Waals surface area contributed by atoms with E-state index in [-0.39, 0.29) is 16.2 Å². The molecule has 0 atom stereocenters. The van der Waals surface area contributed by atoms with Gasteiger partial charge >= 0.3 is 0 Å². The van der Waals surface area contributed by atoms with E-state index in [0.29, 0.717) is 0 Å². The average Bonchev–Trinajstić information content (AvgIpc) is 3.62. The maximum Gasteiger partial charge on any atom is 0.139 e. The molecule has 0 unspecified atom stereocenters. The summed E-state index contributed by atoms with van der Waals surface area (Å²) in [4.78, 5) is 0. The molecule has 2 aliphatic carbocycles. The van der Waals surface area contributed by atoms with Gasteiger partial charge in [0.05, 0.1) is 5.41 Å². The van der Waals surface area contributed by atoms with Crippen LogP contribution in [-0.2, 0) is 21.7 Å². The first-order chi connectivity index (χ1) is 27.8. The van der Waals surface area contributed by atoms with Gasteiger partial charge in [-0.3, -0.25) is 0 Å². The minimum absolute atomic E-state index is 0.0417. The first-order valence-electron chi connectivity index (χ1n) is 23.4. The highest BCUT2D eigenvalue weighted by Crippen LogP contribution is 2.62. The van der Waals surface area contributed by atoms with E-state index >= 15 is 0 Å². The summed E-state index contributed by atoms with van der Waals surface area (Å²) in [7, 11) is 2.32. The molecule has 7 rings (SSSR count). The van der Waals surface area contributed by atoms with Gasteiger partial charge in [-0.15, -0.1) is 0 Å². The van der Waals surface area contributed by atoms with Gasteiger partial charge in [0.25, 0.3) is 0 Å². The summed E-state index contributed by atoms with van der Waals surface area (Å²) in [5.41, 5.74) is 19.9. The van der Waals surface area contributed by atoms with Crippen molar-refractivity contribution in [2.45, 2.75) is 174 Å². The molecule has 0 heterocycles. The molecule has 0 saturated carbocycles. The smallest absolute Gasteiger partial charge is 0.0886 e. The van der Waals surface area contributed by atoms with Gasteiger partial charge in [0.1, 0.15) is 7.85 Å². The van der Waals surface area contributed by atoms with Gasteiger partial charge in [0.15, 0.2) is 0 Å². The van der Waals surface area contributed by atoms with Crippen LogP contribution in [0, 0.1) is 6.92 Å². The average molecular weight is 769 g/mol. The number of aryl methyl sites for hydroxylation is 1. The topological polar surface area (TPSA) is 0 Å². The van der Waals surface area contributed by atoms with Crippen LogP contribution >= 0.6 is 0 Å². The summed E-state index contributed by atoms with van der Waals surface area (Å²) in [6.07, 6.45) is 18.5. The highest BCUT2D eigenvalue weighted by atomic mass is 14.5. The Labute approximate surface area is 355 Å². The number of benzene rings is 5. The molecule has 0 saturated heterocycles. The van der Waals surface area contributed by atoms with E-state index in [1.165, 1.54) is 157 Å². The lowest BCUT2D eigenvalue weighted by atomic mass is 9.66. The Hall–Kier alpha value is -3.84. The highest BCUT2D eigenvalue weighted by Gasteiger charge is 2.50. The van der Waals surface area contributed by atoms with Crippen molar-refractivity contribution < 1.29 is 0 Å². The number of unbranched alkanes of at least 4 members (excludes halogenated alkanes) is 10. The molecular weight excluding hydrogens is 695 g/mol. The number of hydrogen-bond donors (Lipinski definition) is 0. The standard InChI is InChI=1S/C57H73B/c1-10-12-14-16-18-20-34-56(35-21-19-17-15-13-11-2)50-37-45(58)31-33-46(50)48-39-53-49(38-51(48)56)47-32-22-40(3)36-52(47)57(53,43-27-23-41(24-28-43)54(4,5)6)44-29-25-42(26-30-44)55(7,8)9/h22-33,36-39H,10-21,34-35,58H2,1-9H3. The minimum atomic E-state index is -0.437. The van der Waals surface area contributed by atoms with E-state index in [0.717, 1.165) is 0 Å². The molecule has 0 spiro atoms. The molecule has 0 radical (unpaired) electrons. The molecule has 0 bridgehead atoms. The first-order valence-corrected chi connectivity index (χ1v) is 23.4. The van der Waals surface area contributed by atoms with Crippen LogP contribution < -0.4 is 5.46 Å². The lowest BCUT2D eigenvalue weighted by molar-refractivity contribution is 0.398. The Bertz CT molecular complexity index is 2110. The second kappa shape index (κ2) is 17.0. The zero-order valence-corrected chi connectivity index (χ0v) is 38.1. The van der Waals surface area contributed by atoms with E-state index in [4.69, 9.17) is 0 Å². The predicted octanol–water partition coefficient (Wildman–Crippen LogP) is 15.0. The summed E-state index contributed by atoms with van der Waals surface area (Å²) in [5, 5.41) is 0. The van der Waals surface area contributed by atoms with Crippen LogP contribution in [0.1, 0.15) is 195 Å². The van der Waals surface area contributed by atoms with Crippen molar-refractivity contribution in [3.05, 3.63) is 147 Å². The van der Waals surface area contributed by atoms with Crippen molar-refractivity contribution in [2.75, 3.05) is 0 Å². The Morgan fingerprint density at radius 1 is 0.431 bits per heavy atom. The SMILES string of the molecule is Bc1ccc2c(c1)C(CCCCCCCC)(CCCCCCCC)c1cc3c(cc1-2)C(c1ccc(C(C)(C)C)cc1)(c1ccc(C(C)(C)C)cc1)c1cc(C)ccc1-3. The van der Waals surface area contributed by atoms with Crippen molar-refractivity contribution >= 4 is 13.3 Å². The Morgan fingerprint density at radius 2 is 0.845 bits per heavy atom. The van der Waals surface area contributed by atoms with Crippen LogP contribution in [0.25, 0.3) is 22.3 Å². The monoisotopic (exact) mass is 769 g/mol. The number of rotatable bonds is 16. The third-order valence-electron chi connectivity index (χ3n) is 14.2. The van der Waals surface area contributed by atoms with Crippen LogP contribution in [0.2, 0.25) is 0 Å². The molecule has 0 fully saturated rings. The van der Waals surface area contributed by atoms with E-state index in [2.05, 4.69) is 167 Å². The van der Waals surface area contributed by atoms with Gasteiger partial charge < -0.3 is 0 Å². The Kier molecular flexibility index (Phi) is 12.4. The molecule has 2 aliphatic rings. The second-order valence-electron chi connectivity index (χ2n) is 20.6. The lowest BCUT2D eigenvalue weighted by Crippen LogP contribution is -2.29. The van der Waals surface area contributed by atoms with Crippen molar-refractivity contribution in [3.8, 4) is 22.3 Å². The number of fused-ring (bicyclic) bond motifs is 6. The highest BCUT2D eigenvalue weighted by molar-refractivity contribution is 6.32. The van der Waals surface area contributed by atoms with Crippen molar-refractivity contribution in [3.63, 3.8) is 0 Å². The van der Waals surface area contributed by atoms with Crippen molar-refractivity contribution in [2.24, 2.45) is 0 Å². The van der Waals surface area contributed by atoms with Gasteiger partial charge in [-0.25, -0.2) is 0 Å². The largest absolute Gasteiger partial charge is 0.139 e. The lowest BCUT2D eigenvalue weighted by Gasteiger charge is -2.36. The number of hydrogen-bond acceptors (Lipinski definition) is 0. The Morgan fingerprint density at radius 3 is 1.36 bits per heavy atom. The fourth-order valence-electron chi connectivity index (χ4n) is 10.8. The second-order valence-corrected chi connectivity index (χ2v) is 20.6. The third kappa shape index (κ3) is 7.82. The molecule has 304 valence electrons. The minimum Gasteiger partial charge on any atom is -0.0886 e. The summed E-state index contributed by atoms with van der Waals surface area (Å²) in [5.74, 6) is 0. The van der Waals surface area contributed by atoms with Gasteiger partial charge in [0, 0.05) is 5.41 Å². The quantitative estimate of drug-likeness (QED) is 0.0679. The van der Waals surface area contributed by atoms with Gasteiger partial charge in [-0.1, -0.05) is 228 Å². The summed E-state index contributed by atoms with van der Waals surface area (Å²) in [6.45, 7) is 20.9. The van der Waals surface area contributed by atoms with E-state index in [1.54, 1.807) is 11.1 Å². The molecule has 5 aromatic carbocycles. The fourth-order valence-corrected chi connectivity index (χ4v) is 10.8. The van der Waals surface area contributed by atoms with Crippen LogP contribution in [0.4, 0.5) is 0 Å². The molecular formula is C57H73B. The van der Waals surface area contributed by atoms with E-state index < -0.39 is 5.41 Å². The van der Waals surface area contributed by atoms with Gasteiger partial charge in [0.2, 0.25) is 0 Å². The molecule has 0 N–H and O–H groups in total. The first kappa shape index (κ1) is 42.3. The molecule has 0 aliphatic heterocycles. The van der Waals surface area contributed by atoms with E-state index in [9.17, 15) is 0 Å². The van der Waals surface area contributed by atoms with Crippen LogP contribution in [0.5, 0.6) is 0 Å². The molecule has 5 aromatic rings. The zero-order valence-electron chi connectivity index (χ0n) is 38.1. The maximum absolute atomic E-state index is 2.73. The molecule has 0 aromatic heterocycles. The third-order valence-corrected chi connectivity index (χ3v) is 14.2. The molecule has 0 amide bonds. The maximum atomic E-state index is 2.73. The predicted molar refractivity (Wildman–Crippen MR) is 256 cm³/mol. The summed E-state index contributed by atoms with van der Waals surface area (Å²) in [6, 6.07) is 39.7. The van der Waals surface area contributed by atoms with Crippen LogP contribution in [-0.4, -0.2) is 7.85 Å². The summed E-state index contributed by atoms with van der Waals surface area (Å²) < 4.78 is 0. The Balaban J connectivity index is 1.48. The van der Waals surface area contributed by atoms with Crippen molar-refractivity contribution in [1.29, 1.82) is 0 Å². The van der Waals surface area contributed by atoms with Crippen LogP contribution in [0.3, 0.4) is 0 Å². The van der Waals surface area contributed by atoms with Gasteiger partial charge in [-0.2, -0.15) is 0 Å². The molecule has 58 heavy (non-hydrogen) atoms. The fraction of sp³-hybridized carbons (Fsp3) is 0.474. The molecule has 1 heteroatoms. The molecule has 0 nitrogen and oxygen atoms in total. The van der Waals surface area contributed by atoms with Gasteiger partial charge in [-0.05, 0) is 109 Å². The van der Waals surface area contributed by atoms with Crippen molar-refractivity contribution in [1.82, 2.24) is 0 Å². The zero-order chi connectivity index (χ0) is 41.3. The van der Waals surface area contributed by atoms with E-state index in [1.807, 2.05) is 0 Å². The normalized spacial score (nSPS) is 14.9.